The summed E-state index contributed by atoms with van der Waals surface area (Å²) in [5.41, 5.74) is 0.745. The highest BCUT2D eigenvalue weighted by atomic mass is 16.4. The van der Waals surface area contributed by atoms with E-state index in [0.29, 0.717) is 25.7 Å². The summed E-state index contributed by atoms with van der Waals surface area (Å²) < 4.78 is 0. The van der Waals surface area contributed by atoms with Crippen molar-refractivity contribution in [1.29, 1.82) is 0 Å². The number of carbonyl (C=O) groups excluding carboxylic acids is 1. The largest absolute Gasteiger partial charge is 0.508 e. The van der Waals surface area contributed by atoms with Gasteiger partial charge in [-0.3, -0.25) is 9.59 Å². The third-order valence-electron chi connectivity index (χ3n) is 3.47. The van der Waals surface area contributed by atoms with Crippen LogP contribution in [0.4, 0.5) is 0 Å². The molecule has 0 aliphatic heterocycles. The molecule has 102 valence electrons. The first kappa shape index (κ1) is 13.4. The molecule has 0 aromatic heterocycles. The van der Waals surface area contributed by atoms with Crippen LogP contribution in [0.15, 0.2) is 24.3 Å². The van der Waals surface area contributed by atoms with Gasteiger partial charge in [-0.1, -0.05) is 18.2 Å². The van der Waals surface area contributed by atoms with Crippen LogP contribution in [-0.4, -0.2) is 28.1 Å². The van der Waals surface area contributed by atoms with Gasteiger partial charge >= 0.3 is 5.97 Å². The molecule has 1 aromatic carbocycles. The highest BCUT2D eigenvalue weighted by Crippen LogP contribution is 2.27. The fraction of sp³-hybridized carbons (Fsp3) is 0.429. The highest BCUT2D eigenvalue weighted by Gasteiger charge is 2.35. The van der Waals surface area contributed by atoms with Gasteiger partial charge in [0.25, 0.3) is 0 Å². The Morgan fingerprint density at radius 2 is 1.95 bits per heavy atom. The molecule has 1 aromatic rings. The van der Waals surface area contributed by atoms with E-state index in [1.54, 1.807) is 18.2 Å². The number of phenols is 1. The van der Waals surface area contributed by atoms with E-state index in [2.05, 4.69) is 5.32 Å². The molecule has 5 nitrogen and oxygen atoms in total. The van der Waals surface area contributed by atoms with Crippen LogP contribution >= 0.6 is 0 Å². The number of hydrogen-bond acceptors (Lipinski definition) is 3. The Balaban J connectivity index is 1.72. The zero-order chi connectivity index (χ0) is 13.8. The molecular formula is C14H17NO4. The van der Waals surface area contributed by atoms with Gasteiger partial charge in [-0.2, -0.15) is 0 Å². The molecule has 0 saturated heterocycles. The number of rotatable bonds is 5. The third kappa shape index (κ3) is 3.47. The first-order chi connectivity index (χ1) is 9.06. The Labute approximate surface area is 111 Å². The molecule has 0 heterocycles. The molecule has 3 N–H and O–H groups in total. The topological polar surface area (TPSA) is 86.6 Å². The van der Waals surface area contributed by atoms with Gasteiger partial charge < -0.3 is 15.5 Å². The quantitative estimate of drug-likeness (QED) is 0.747. The number of carbonyl (C=O) groups is 2. The second-order valence-corrected chi connectivity index (χ2v) is 4.90. The van der Waals surface area contributed by atoms with E-state index >= 15 is 0 Å². The van der Waals surface area contributed by atoms with Crippen molar-refractivity contribution >= 4 is 11.9 Å². The number of para-hydroxylation sites is 1. The van der Waals surface area contributed by atoms with Crippen LogP contribution in [0.5, 0.6) is 5.75 Å². The second kappa shape index (κ2) is 5.73. The molecule has 19 heavy (non-hydrogen) atoms. The minimum absolute atomic E-state index is 0.0158. The highest BCUT2D eigenvalue weighted by molar-refractivity contribution is 5.77. The molecule has 0 radical (unpaired) electrons. The van der Waals surface area contributed by atoms with Crippen molar-refractivity contribution in [2.45, 2.75) is 31.7 Å². The Bertz CT molecular complexity index is 480. The van der Waals surface area contributed by atoms with Crippen molar-refractivity contribution in [2.75, 3.05) is 0 Å². The first-order valence-corrected chi connectivity index (χ1v) is 6.35. The van der Waals surface area contributed by atoms with Gasteiger partial charge in [0, 0.05) is 12.5 Å². The second-order valence-electron chi connectivity index (χ2n) is 4.90. The normalized spacial score (nSPS) is 21.5. The summed E-state index contributed by atoms with van der Waals surface area (Å²) in [4.78, 5) is 22.3. The van der Waals surface area contributed by atoms with Crippen LogP contribution in [0.3, 0.4) is 0 Å². The summed E-state index contributed by atoms with van der Waals surface area (Å²) in [6.45, 7) is 0. The maximum atomic E-state index is 11.7. The summed E-state index contributed by atoms with van der Waals surface area (Å²) in [6, 6.07) is 6.91. The molecule has 1 saturated carbocycles. The number of carboxylic acid groups (broad SMARTS) is 1. The van der Waals surface area contributed by atoms with E-state index < -0.39 is 5.97 Å². The van der Waals surface area contributed by atoms with E-state index in [1.807, 2.05) is 6.07 Å². The molecule has 1 aliphatic carbocycles. The van der Waals surface area contributed by atoms with Gasteiger partial charge in [-0.25, -0.2) is 0 Å². The average Bonchev–Trinajstić information content (AvgIpc) is 2.31. The smallest absolute Gasteiger partial charge is 0.306 e. The van der Waals surface area contributed by atoms with Crippen molar-refractivity contribution < 1.29 is 19.8 Å². The maximum Gasteiger partial charge on any atom is 0.306 e. The van der Waals surface area contributed by atoms with Crippen LogP contribution in [0, 0.1) is 5.92 Å². The van der Waals surface area contributed by atoms with Crippen molar-refractivity contribution in [3.8, 4) is 5.75 Å². The predicted molar refractivity (Wildman–Crippen MR) is 68.7 cm³/mol. The lowest BCUT2D eigenvalue weighted by atomic mass is 9.80. The minimum atomic E-state index is -0.792. The van der Waals surface area contributed by atoms with Crippen LogP contribution in [0.25, 0.3) is 0 Å². The third-order valence-corrected chi connectivity index (χ3v) is 3.47. The van der Waals surface area contributed by atoms with Crippen molar-refractivity contribution in [3.05, 3.63) is 29.8 Å². The van der Waals surface area contributed by atoms with Crippen molar-refractivity contribution in [1.82, 2.24) is 5.32 Å². The lowest BCUT2D eigenvalue weighted by Gasteiger charge is -2.32. The lowest BCUT2D eigenvalue weighted by molar-refractivity contribution is -0.146. The molecule has 1 fully saturated rings. The number of aryl methyl sites for hydroxylation is 1. The van der Waals surface area contributed by atoms with Gasteiger partial charge in [0.15, 0.2) is 0 Å². The number of aliphatic carboxylic acids is 1. The molecule has 0 atom stereocenters. The number of phenolic OH excluding ortho intramolecular Hbond substituents is 1. The van der Waals surface area contributed by atoms with E-state index in [1.165, 1.54) is 0 Å². The van der Waals surface area contributed by atoms with Gasteiger partial charge in [-0.15, -0.1) is 0 Å². The molecule has 0 bridgehead atoms. The Morgan fingerprint density at radius 3 is 2.58 bits per heavy atom. The molecule has 1 aliphatic rings. The van der Waals surface area contributed by atoms with Crippen LogP contribution < -0.4 is 5.32 Å². The average molecular weight is 263 g/mol. The zero-order valence-electron chi connectivity index (χ0n) is 10.5. The fourth-order valence-corrected chi connectivity index (χ4v) is 2.21. The standard InChI is InChI=1S/C14H17NO4/c16-12-4-2-1-3-9(12)5-6-13(17)15-11-7-10(8-11)14(18)19/h1-4,10-11,16H,5-8H2,(H,15,17)(H,18,19). The van der Waals surface area contributed by atoms with E-state index in [4.69, 9.17) is 5.11 Å². The lowest BCUT2D eigenvalue weighted by Crippen LogP contribution is -2.46. The van der Waals surface area contributed by atoms with E-state index in [-0.39, 0.29) is 23.6 Å². The molecular weight excluding hydrogens is 246 g/mol. The van der Waals surface area contributed by atoms with Gasteiger partial charge in [0.2, 0.25) is 5.91 Å². The SMILES string of the molecule is O=C(CCc1ccccc1O)NC1CC(C(=O)O)C1. The number of benzene rings is 1. The molecule has 1 amide bonds. The van der Waals surface area contributed by atoms with Gasteiger partial charge in [-0.05, 0) is 30.9 Å². The Kier molecular flexibility index (Phi) is 4.04. The Hall–Kier alpha value is -2.04. The summed E-state index contributed by atoms with van der Waals surface area (Å²) in [5.74, 6) is -1.01. The first-order valence-electron chi connectivity index (χ1n) is 6.35. The number of hydrogen-bond donors (Lipinski definition) is 3. The number of amides is 1. The number of nitrogens with one attached hydrogen (secondary N) is 1. The molecule has 0 unspecified atom stereocenters. The van der Waals surface area contributed by atoms with E-state index in [0.717, 1.165) is 5.56 Å². The zero-order valence-corrected chi connectivity index (χ0v) is 10.5. The summed E-state index contributed by atoms with van der Waals surface area (Å²) in [6.07, 6.45) is 1.80. The van der Waals surface area contributed by atoms with E-state index in [9.17, 15) is 14.7 Å². The predicted octanol–water partition coefficient (Wildman–Crippen LogP) is 1.30. The maximum absolute atomic E-state index is 11.7. The minimum Gasteiger partial charge on any atom is -0.508 e. The van der Waals surface area contributed by atoms with Crippen molar-refractivity contribution in [2.24, 2.45) is 5.92 Å². The number of aromatic hydroxyl groups is 1. The van der Waals surface area contributed by atoms with Gasteiger partial charge in [0.05, 0.1) is 5.92 Å². The molecule has 0 spiro atoms. The summed E-state index contributed by atoms with van der Waals surface area (Å²) >= 11 is 0. The van der Waals surface area contributed by atoms with Crippen LogP contribution in [0.2, 0.25) is 0 Å². The van der Waals surface area contributed by atoms with Crippen molar-refractivity contribution in [3.63, 3.8) is 0 Å². The Morgan fingerprint density at radius 1 is 1.26 bits per heavy atom. The van der Waals surface area contributed by atoms with Crippen LogP contribution in [-0.2, 0) is 16.0 Å². The van der Waals surface area contributed by atoms with Gasteiger partial charge in [0.1, 0.15) is 5.75 Å². The fourth-order valence-electron chi connectivity index (χ4n) is 2.21. The van der Waals surface area contributed by atoms with Crippen LogP contribution in [0.1, 0.15) is 24.8 Å². The monoisotopic (exact) mass is 263 g/mol. The molecule has 2 rings (SSSR count). The molecule has 5 heteroatoms. The summed E-state index contributed by atoms with van der Waals surface area (Å²) in [7, 11) is 0. The number of carboxylic acids is 1. The summed E-state index contributed by atoms with van der Waals surface area (Å²) in [5, 5.41) is 21.1.